The Morgan fingerprint density at radius 3 is 0.742 bits per heavy atom. The minimum absolute atomic E-state index is 0.0618. The Hall–Kier alpha value is -1.59. The van der Waals surface area contributed by atoms with Gasteiger partial charge >= 0.3 is 17.9 Å². The van der Waals surface area contributed by atoms with Crippen LogP contribution in [0.15, 0.2) is 0 Å². The van der Waals surface area contributed by atoms with Crippen molar-refractivity contribution in [2.45, 2.75) is 348 Å². The van der Waals surface area contributed by atoms with Crippen LogP contribution in [0.4, 0.5) is 0 Å². The average Bonchev–Trinajstić information content (AvgIpc) is 3.30. The molecule has 1 atom stereocenters. The Morgan fingerprint density at radius 1 is 0.288 bits per heavy atom. The lowest BCUT2D eigenvalue weighted by molar-refractivity contribution is -0.167. The van der Waals surface area contributed by atoms with E-state index < -0.39 is 6.10 Å². The van der Waals surface area contributed by atoms with Gasteiger partial charge in [-0.2, -0.15) is 0 Å². The highest BCUT2D eigenvalue weighted by atomic mass is 16.6. The van der Waals surface area contributed by atoms with Gasteiger partial charge in [0.25, 0.3) is 0 Å². The number of ether oxygens (including phenoxy) is 3. The van der Waals surface area contributed by atoms with Gasteiger partial charge in [0, 0.05) is 19.3 Å². The van der Waals surface area contributed by atoms with Crippen molar-refractivity contribution in [3.8, 4) is 0 Å². The van der Waals surface area contributed by atoms with Crippen LogP contribution in [0.2, 0.25) is 0 Å². The Balaban J connectivity index is 4.27. The number of carbonyl (C=O) groups is 3. The first-order valence-corrected chi connectivity index (χ1v) is 29.9. The monoisotopic (exact) mass is 933 g/mol. The zero-order valence-electron chi connectivity index (χ0n) is 45.2. The van der Waals surface area contributed by atoms with E-state index in [0.717, 1.165) is 63.7 Å². The van der Waals surface area contributed by atoms with E-state index in [4.69, 9.17) is 14.2 Å². The van der Waals surface area contributed by atoms with Crippen LogP contribution in [0.25, 0.3) is 0 Å². The third-order valence-electron chi connectivity index (χ3n) is 13.8. The molecule has 0 N–H and O–H groups in total. The summed E-state index contributed by atoms with van der Waals surface area (Å²) in [5, 5.41) is 0. The van der Waals surface area contributed by atoms with Crippen molar-refractivity contribution in [3.63, 3.8) is 0 Å². The zero-order chi connectivity index (χ0) is 48.1. The lowest BCUT2D eigenvalue weighted by Gasteiger charge is -2.18. The molecule has 0 heterocycles. The number of carbonyl (C=O) groups excluding carboxylic acids is 3. The molecule has 0 aliphatic rings. The molecular formula is C60H116O6. The molecule has 0 aromatic heterocycles. The van der Waals surface area contributed by atoms with Crippen molar-refractivity contribution in [1.82, 2.24) is 0 Å². The van der Waals surface area contributed by atoms with Gasteiger partial charge in [0.2, 0.25) is 0 Å². The summed E-state index contributed by atoms with van der Waals surface area (Å²) in [6.45, 7) is 9.05. The smallest absolute Gasteiger partial charge is 0.306 e. The molecule has 0 rings (SSSR count). The molecule has 0 spiro atoms. The van der Waals surface area contributed by atoms with Gasteiger partial charge in [0.15, 0.2) is 6.10 Å². The Labute approximate surface area is 412 Å². The van der Waals surface area contributed by atoms with Crippen LogP contribution in [-0.4, -0.2) is 37.2 Å². The molecule has 0 aromatic rings. The summed E-state index contributed by atoms with van der Waals surface area (Å²) in [6.07, 6.45) is 59.6. The predicted molar refractivity (Wildman–Crippen MR) is 284 cm³/mol. The number of esters is 3. The highest BCUT2D eigenvalue weighted by molar-refractivity contribution is 5.71. The summed E-state index contributed by atoms with van der Waals surface area (Å²) >= 11 is 0. The summed E-state index contributed by atoms with van der Waals surface area (Å²) < 4.78 is 16.9. The van der Waals surface area contributed by atoms with Crippen molar-refractivity contribution < 1.29 is 28.6 Å². The number of rotatable bonds is 55. The molecule has 66 heavy (non-hydrogen) atoms. The van der Waals surface area contributed by atoms with E-state index in [-0.39, 0.29) is 31.1 Å². The summed E-state index contributed by atoms with van der Waals surface area (Å²) in [5.74, 6) is -0.0158. The molecule has 0 aliphatic heterocycles. The van der Waals surface area contributed by atoms with E-state index in [1.807, 2.05) is 0 Å². The van der Waals surface area contributed by atoms with Crippen molar-refractivity contribution in [3.05, 3.63) is 0 Å². The van der Waals surface area contributed by atoms with Crippen molar-refractivity contribution in [1.29, 1.82) is 0 Å². The fraction of sp³-hybridized carbons (Fsp3) is 0.950. The standard InChI is InChI=1S/C60H116O6/c1-5-7-9-11-13-15-17-19-21-23-24-25-27-28-30-35-39-43-47-51-58(61)64-54-57(55-65-59(62)52-48-44-40-36-33-32-34-38-42-46-50-56(3)4)66-60(63)53-49-45-41-37-31-29-26-22-20-18-16-14-12-10-8-6-2/h56-57H,5-55H2,1-4H3/t57-/m0/s1. The summed E-state index contributed by atoms with van der Waals surface area (Å²) in [7, 11) is 0. The third-order valence-corrected chi connectivity index (χ3v) is 13.8. The second-order valence-electron chi connectivity index (χ2n) is 21.1. The molecule has 6 heteroatoms. The zero-order valence-corrected chi connectivity index (χ0v) is 45.2. The van der Waals surface area contributed by atoms with Gasteiger partial charge < -0.3 is 14.2 Å². The normalized spacial score (nSPS) is 12.0. The molecular weight excluding hydrogens is 817 g/mol. The highest BCUT2D eigenvalue weighted by Crippen LogP contribution is 2.18. The van der Waals surface area contributed by atoms with Crippen LogP contribution in [0.1, 0.15) is 342 Å². The van der Waals surface area contributed by atoms with Crippen LogP contribution in [0.3, 0.4) is 0 Å². The highest BCUT2D eigenvalue weighted by Gasteiger charge is 2.19. The quantitative estimate of drug-likeness (QED) is 0.0343. The van der Waals surface area contributed by atoms with E-state index >= 15 is 0 Å². The van der Waals surface area contributed by atoms with Crippen molar-refractivity contribution in [2.24, 2.45) is 5.92 Å². The summed E-state index contributed by atoms with van der Waals surface area (Å²) in [4.78, 5) is 38.2. The van der Waals surface area contributed by atoms with Crippen LogP contribution in [-0.2, 0) is 28.6 Å². The minimum Gasteiger partial charge on any atom is -0.462 e. The van der Waals surface area contributed by atoms with Crippen molar-refractivity contribution in [2.75, 3.05) is 13.2 Å². The topological polar surface area (TPSA) is 78.9 Å². The van der Waals surface area contributed by atoms with Crippen LogP contribution < -0.4 is 0 Å². The fourth-order valence-corrected chi connectivity index (χ4v) is 9.28. The van der Waals surface area contributed by atoms with Gasteiger partial charge in [-0.3, -0.25) is 14.4 Å². The van der Waals surface area contributed by atoms with Gasteiger partial charge in [0.1, 0.15) is 13.2 Å². The van der Waals surface area contributed by atoms with Crippen molar-refractivity contribution >= 4 is 17.9 Å². The second kappa shape index (κ2) is 54.4. The second-order valence-corrected chi connectivity index (χ2v) is 21.1. The van der Waals surface area contributed by atoms with E-state index in [0.29, 0.717) is 19.3 Å². The van der Waals surface area contributed by atoms with Gasteiger partial charge in [0.05, 0.1) is 0 Å². The summed E-state index contributed by atoms with van der Waals surface area (Å²) in [5.41, 5.74) is 0. The molecule has 0 bridgehead atoms. The molecule has 0 aliphatic carbocycles. The number of hydrogen-bond donors (Lipinski definition) is 0. The van der Waals surface area contributed by atoms with E-state index in [9.17, 15) is 14.4 Å². The maximum Gasteiger partial charge on any atom is 0.306 e. The Morgan fingerprint density at radius 2 is 0.500 bits per heavy atom. The van der Waals surface area contributed by atoms with E-state index in [2.05, 4.69) is 27.7 Å². The maximum absolute atomic E-state index is 12.9. The third kappa shape index (κ3) is 53.4. The summed E-state index contributed by atoms with van der Waals surface area (Å²) in [6, 6.07) is 0. The molecule has 6 nitrogen and oxygen atoms in total. The number of unbranched alkanes of at least 4 members (excludes halogenated alkanes) is 42. The molecule has 0 unspecified atom stereocenters. The Bertz CT molecular complexity index is 996. The van der Waals surface area contributed by atoms with Crippen LogP contribution >= 0.6 is 0 Å². The van der Waals surface area contributed by atoms with Gasteiger partial charge in [-0.05, 0) is 25.2 Å². The van der Waals surface area contributed by atoms with Crippen LogP contribution in [0, 0.1) is 5.92 Å². The minimum atomic E-state index is -0.762. The van der Waals surface area contributed by atoms with Gasteiger partial charge in [-0.1, -0.05) is 304 Å². The van der Waals surface area contributed by atoms with Crippen LogP contribution in [0.5, 0.6) is 0 Å². The fourth-order valence-electron chi connectivity index (χ4n) is 9.28. The number of hydrogen-bond acceptors (Lipinski definition) is 6. The lowest BCUT2D eigenvalue weighted by atomic mass is 10.0. The molecule has 0 amide bonds. The van der Waals surface area contributed by atoms with E-state index in [1.165, 1.54) is 238 Å². The molecule has 0 radical (unpaired) electrons. The van der Waals surface area contributed by atoms with E-state index in [1.54, 1.807) is 0 Å². The molecule has 392 valence electrons. The first kappa shape index (κ1) is 64.4. The Kier molecular flexibility index (Phi) is 53.0. The lowest BCUT2D eigenvalue weighted by Crippen LogP contribution is -2.30. The average molecular weight is 934 g/mol. The molecule has 0 aromatic carbocycles. The molecule has 0 saturated carbocycles. The molecule has 0 fully saturated rings. The van der Waals surface area contributed by atoms with Gasteiger partial charge in [-0.15, -0.1) is 0 Å². The predicted octanol–water partition coefficient (Wildman–Crippen LogP) is 19.8. The molecule has 0 saturated heterocycles. The SMILES string of the molecule is CCCCCCCCCCCCCCCCCCCCCC(=O)OC[C@@H](COC(=O)CCCCCCCCCCCCC(C)C)OC(=O)CCCCCCCCCCCCCCCCCC. The first-order chi connectivity index (χ1) is 32.4. The first-order valence-electron chi connectivity index (χ1n) is 29.9. The largest absolute Gasteiger partial charge is 0.462 e. The maximum atomic E-state index is 12.9. The van der Waals surface area contributed by atoms with Gasteiger partial charge in [-0.25, -0.2) is 0 Å².